The van der Waals surface area contributed by atoms with Crippen molar-refractivity contribution in [3.05, 3.63) is 22.2 Å². The summed E-state index contributed by atoms with van der Waals surface area (Å²) in [6.07, 6.45) is 1.41. The molecule has 0 fully saturated rings. The molecular weight excluding hydrogens is 250 g/mol. The summed E-state index contributed by atoms with van der Waals surface area (Å²) in [6, 6.07) is 3.24. The fraction of sp³-hybridized carbons (Fsp3) is 0.222. The molecule has 1 aromatic rings. The number of phenols is 1. The molecule has 0 amide bonds. The van der Waals surface area contributed by atoms with Crippen LogP contribution >= 0.6 is 15.9 Å². The van der Waals surface area contributed by atoms with Crippen LogP contribution in [0.5, 0.6) is 11.5 Å². The van der Waals surface area contributed by atoms with E-state index in [1.54, 1.807) is 12.1 Å². The molecule has 0 saturated heterocycles. The third-order valence-corrected chi connectivity index (χ3v) is 2.27. The summed E-state index contributed by atoms with van der Waals surface area (Å²) in [7, 11) is 1.52. The first-order valence-corrected chi connectivity index (χ1v) is 4.57. The van der Waals surface area contributed by atoms with Gasteiger partial charge in [-0.05, 0) is 28.1 Å². The van der Waals surface area contributed by atoms with Crippen molar-refractivity contribution in [2.24, 2.45) is 4.99 Å². The molecule has 14 heavy (non-hydrogen) atoms. The van der Waals surface area contributed by atoms with Crippen molar-refractivity contribution >= 4 is 22.0 Å². The van der Waals surface area contributed by atoms with Crippen molar-refractivity contribution in [3.63, 3.8) is 0 Å². The summed E-state index contributed by atoms with van der Waals surface area (Å²) >= 11 is 3.16. The van der Waals surface area contributed by atoms with Gasteiger partial charge in [0.25, 0.3) is 0 Å². The first kappa shape index (κ1) is 10.8. The molecule has 5 heteroatoms. The Balaban J connectivity index is 3.12. The highest BCUT2D eigenvalue weighted by molar-refractivity contribution is 9.10. The van der Waals surface area contributed by atoms with Gasteiger partial charge in [0, 0.05) is 5.56 Å². The average molecular weight is 258 g/mol. The minimum Gasteiger partial charge on any atom is -0.506 e. The summed E-state index contributed by atoms with van der Waals surface area (Å²) in [5, 5.41) is 9.55. The van der Waals surface area contributed by atoms with Gasteiger partial charge in [0.05, 0.1) is 18.1 Å². The van der Waals surface area contributed by atoms with Gasteiger partial charge < -0.3 is 9.84 Å². The van der Waals surface area contributed by atoms with Gasteiger partial charge in [-0.25, -0.2) is 9.79 Å². The number of hydrogen-bond donors (Lipinski definition) is 1. The number of rotatable bonds is 3. The maximum absolute atomic E-state index is 9.91. The lowest BCUT2D eigenvalue weighted by Crippen LogP contribution is -1.88. The standard InChI is InChI=1S/C9H8BrNO3/c1-14-7-2-6(4-11-5-12)9(13)8(10)3-7/h2-3,13H,4H2,1H3. The second kappa shape index (κ2) is 4.79. The number of aromatic hydroxyl groups is 1. The predicted octanol–water partition coefficient (Wildman–Crippen LogP) is 2.00. The van der Waals surface area contributed by atoms with Crippen LogP contribution in [-0.4, -0.2) is 18.3 Å². The molecule has 0 aliphatic carbocycles. The molecule has 0 atom stereocenters. The Kier molecular flexibility index (Phi) is 3.68. The molecule has 0 aromatic heterocycles. The quantitative estimate of drug-likeness (QED) is 0.666. The first-order valence-electron chi connectivity index (χ1n) is 3.78. The Bertz CT molecular complexity index is 386. The molecule has 4 nitrogen and oxygen atoms in total. The lowest BCUT2D eigenvalue weighted by molar-refractivity contribution is 0.410. The van der Waals surface area contributed by atoms with Crippen molar-refractivity contribution < 1.29 is 14.6 Å². The van der Waals surface area contributed by atoms with Crippen LogP contribution in [0, 0.1) is 0 Å². The molecule has 0 heterocycles. The largest absolute Gasteiger partial charge is 0.506 e. The van der Waals surface area contributed by atoms with Crippen LogP contribution in [0.2, 0.25) is 0 Å². The van der Waals surface area contributed by atoms with Crippen molar-refractivity contribution in [1.29, 1.82) is 0 Å². The van der Waals surface area contributed by atoms with Gasteiger partial charge in [0.2, 0.25) is 6.08 Å². The van der Waals surface area contributed by atoms with Gasteiger partial charge in [0.1, 0.15) is 11.5 Å². The van der Waals surface area contributed by atoms with E-state index in [0.717, 1.165) is 0 Å². The van der Waals surface area contributed by atoms with Crippen molar-refractivity contribution in [2.45, 2.75) is 6.54 Å². The number of benzene rings is 1. The number of hydrogen-bond acceptors (Lipinski definition) is 4. The van der Waals surface area contributed by atoms with E-state index in [1.807, 2.05) is 0 Å². The summed E-state index contributed by atoms with van der Waals surface area (Å²) in [4.78, 5) is 13.3. The number of methoxy groups -OCH3 is 1. The minimum atomic E-state index is 0.0600. The highest BCUT2D eigenvalue weighted by Gasteiger charge is 2.07. The van der Waals surface area contributed by atoms with Gasteiger partial charge in [-0.3, -0.25) is 0 Å². The summed E-state index contributed by atoms with van der Waals surface area (Å²) < 4.78 is 5.50. The number of halogens is 1. The molecule has 0 aliphatic rings. The lowest BCUT2D eigenvalue weighted by atomic mass is 10.2. The van der Waals surface area contributed by atoms with Crippen LogP contribution in [0.25, 0.3) is 0 Å². The van der Waals surface area contributed by atoms with Crippen LogP contribution in [0.15, 0.2) is 21.6 Å². The zero-order valence-corrected chi connectivity index (χ0v) is 9.04. The summed E-state index contributed by atoms with van der Waals surface area (Å²) in [6.45, 7) is 0.0884. The Morgan fingerprint density at radius 2 is 2.36 bits per heavy atom. The fourth-order valence-corrected chi connectivity index (χ4v) is 1.46. The third kappa shape index (κ3) is 2.34. The summed E-state index contributed by atoms with van der Waals surface area (Å²) in [5.41, 5.74) is 0.513. The molecular formula is C9H8BrNO3. The maximum atomic E-state index is 9.91. The van der Waals surface area contributed by atoms with E-state index in [1.165, 1.54) is 13.2 Å². The van der Waals surface area contributed by atoms with Crippen molar-refractivity contribution in [3.8, 4) is 11.5 Å². The minimum absolute atomic E-state index is 0.0600. The second-order valence-electron chi connectivity index (χ2n) is 2.52. The smallest absolute Gasteiger partial charge is 0.235 e. The highest BCUT2D eigenvalue weighted by atomic mass is 79.9. The topological polar surface area (TPSA) is 58.9 Å². The van der Waals surface area contributed by atoms with Gasteiger partial charge in [-0.2, -0.15) is 0 Å². The van der Waals surface area contributed by atoms with Gasteiger partial charge in [-0.15, -0.1) is 0 Å². The molecule has 74 valence electrons. The molecule has 1 aromatic carbocycles. The van der Waals surface area contributed by atoms with Crippen LogP contribution in [-0.2, 0) is 11.3 Å². The molecule has 1 rings (SSSR count). The van der Waals surface area contributed by atoms with E-state index < -0.39 is 0 Å². The van der Waals surface area contributed by atoms with E-state index in [0.29, 0.717) is 15.8 Å². The number of carbonyl (C=O) groups excluding carboxylic acids is 1. The molecule has 0 aliphatic heterocycles. The number of nitrogens with zero attached hydrogens (tertiary/aromatic N) is 1. The van der Waals surface area contributed by atoms with Gasteiger partial charge in [0.15, 0.2) is 0 Å². The molecule has 0 radical (unpaired) electrons. The maximum Gasteiger partial charge on any atom is 0.235 e. The third-order valence-electron chi connectivity index (χ3n) is 1.67. The second-order valence-corrected chi connectivity index (χ2v) is 3.38. The summed E-state index contributed by atoms with van der Waals surface area (Å²) in [5.74, 6) is 0.649. The molecule has 0 spiro atoms. The van der Waals surface area contributed by atoms with E-state index in [9.17, 15) is 9.90 Å². The Morgan fingerprint density at radius 1 is 1.64 bits per heavy atom. The van der Waals surface area contributed by atoms with Crippen molar-refractivity contribution in [1.82, 2.24) is 0 Å². The van der Waals surface area contributed by atoms with Gasteiger partial charge in [-0.1, -0.05) is 0 Å². The Hall–Kier alpha value is -1.32. The number of ether oxygens (including phenoxy) is 1. The normalized spacial score (nSPS) is 9.29. The van der Waals surface area contributed by atoms with E-state index in [4.69, 9.17) is 4.74 Å². The van der Waals surface area contributed by atoms with Crippen LogP contribution < -0.4 is 4.74 Å². The van der Waals surface area contributed by atoms with Crippen LogP contribution in [0.4, 0.5) is 0 Å². The van der Waals surface area contributed by atoms with E-state index in [2.05, 4.69) is 20.9 Å². The number of aliphatic imine (C=N–C) groups is 1. The Morgan fingerprint density at radius 3 is 2.93 bits per heavy atom. The Labute approximate surface area is 89.4 Å². The zero-order valence-electron chi connectivity index (χ0n) is 7.45. The average Bonchev–Trinajstić information content (AvgIpc) is 2.20. The number of isocyanates is 1. The monoisotopic (exact) mass is 257 g/mol. The fourth-order valence-electron chi connectivity index (χ4n) is 0.984. The molecule has 0 unspecified atom stereocenters. The highest BCUT2D eigenvalue weighted by Crippen LogP contribution is 2.32. The molecule has 1 N–H and O–H groups in total. The van der Waals surface area contributed by atoms with Gasteiger partial charge >= 0.3 is 0 Å². The van der Waals surface area contributed by atoms with Crippen LogP contribution in [0.3, 0.4) is 0 Å². The zero-order chi connectivity index (χ0) is 10.6. The van der Waals surface area contributed by atoms with Crippen molar-refractivity contribution in [2.75, 3.05) is 7.11 Å². The molecule has 0 saturated carbocycles. The SMILES string of the molecule is COc1cc(Br)c(O)c(CN=C=O)c1. The predicted molar refractivity (Wildman–Crippen MR) is 54.2 cm³/mol. The van der Waals surface area contributed by atoms with Crippen LogP contribution in [0.1, 0.15) is 5.56 Å². The lowest BCUT2D eigenvalue weighted by Gasteiger charge is -2.06. The molecule has 0 bridgehead atoms. The van der Waals surface area contributed by atoms with E-state index >= 15 is 0 Å². The number of phenolic OH excluding ortho intramolecular Hbond substituents is 1. The van der Waals surface area contributed by atoms with E-state index in [-0.39, 0.29) is 12.3 Å². The first-order chi connectivity index (χ1) is 6.69.